The van der Waals surface area contributed by atoms with E-state index in [-0.39, 0.29) is 5.91 Å². The first-order valence-electron chi connectivity index (χ1n) is 7.05. The van der Waals surface area contributed by atoms with Gasteiger partial charge in [0.25, 0.3) is 5.91 Å². The molecule has 1 fully saturated rings. The smallest absolute Gasteiger partial charge is 0.251 e. The minimum Gasteiger partial charge on any atom is -0.384 e. The summed E-state index contributed by atoms with van der Waals surface area (Å²) < 4.78 is 5.33. The van der Waals surface area contributed by atoms with Gasteiger partial charge in [0.15, 0.2) is 0 Å². The summed E-state index contributed by atoms with van der Waals surface area (Å²) in [5, 5.41) is 6.29. The number of benzene rings is 1. The first-order chi connectivity index (χ1) is 9.33. The van der Waals surface area contributed by atoms with Crippen molar-refractivity contribution in [1.29, 1.82) is 0 Å². The van der Waals surface area contributed by atoms with Crippen LogP contribution in [0.25, 0.3) is 0 Å². The Hall–Kier alpha value is -1.55. The molecule has 1 aromatic carbocycles. The van der Waals surface area contributed by atoms with Crippen molar-refractivity contribution in [1.82, 2.24) is 5.32 Å². The fraction of sp³-hybridized carbons (Fsp3) is 0.533. The maximum absolute atomic E-state index is 12.0. The van der Waals surface area contributed by atoms with E-state index in [9.17, 15) is 4.79 Å². The Morgan fingerprint density at radius 3 is 3.26 bits per heavy atom. The van der Waals surface area contributed by atoms with Gasteiger partial charge in [-0.05, 0) is 42.9 Å². The topological polar surface area (TPSA) is 50.4 Å². The number of carbonyl (C=O) groups excluding carboxylic acids is 1. The van der Waals surface area contributed by atoms with E-state index in [1.54, 1.807) is 0 Å². The Morgan fingerprint density at radius 1 is 1.47 bits per heavy atom. The first kappa shape index (κ1) is 12.5. The molecule has 2 aliphatic heterocycles. The molecule has 19 heavy (non-hydrogen) atoms. The summed E-state index contributed by atoms with van der Waals surface area (Å²) in [6, 6.07) is 5.92. The third kappa shape index (κ3) is 2.89. The Morgan fingerprint density at radius 2 is 2.42 bits per heavy atom. The summed E-state index contributed by atoms with van der Waals surface area (Å²) in [5.74, 6) is 0.636. The zero-order valence-corrected chi connectivity index (χ0v) is 11.1. The van der Waals surface area contributed by atoms with Crippen LogP contribution in [0.15, 0.2) is 18.2 Å². The summed E-state index contributed by atoms with van der Waals surface area (Å²) in [6.45, 7) is 3.42. The van der Waals surface area contributed by atoms with Crippen LogP contribution >= 0.6 is 0 Å². The molecule has 4 nitrogen and oxygen atoms in total. The minimum atomic E-state index is 0.0235. The normalized spacial score (nSPS) is 20.9. The quantitative estimate of drug-likeness (QED) is 0.868. The Balaban J connectivity index is 1.52. The second kappa shape index (κ2) is 5.61. The van der Waals surface area contributed by atoms with E-state index in [1.165, 1.54) is 5.56 Å². The van der Waals surface area contributed by atoms with Gasteiger partial charge in [0.05, 0.1) is 0 Å². The van der Waals surface area contributed by atoms with Crippen LogP contribution in [0.4, 0.5) is 5.69 Å². The van der Waals surface area contributed by atoms with E-state index < -0.39 is 0 Å². The second-order valence-corrected chi connectivity index (χ2v) is 5.32. The highest BCUT2D eigenvalue weighted by atomic mass is 16.5. The molecule has 3 rings (SSSR count). The molecule has 0 spiro atoms. The Kier molecular flexibility index (Phi) is 3.69. The summed E-state index contributed by atoms with van der Waals surface area (Å²) in [7, 11) is 0. The number of fused-ring (bicyclic) bond motifs is 1. The summed E-state index contributed by atoms with van der Waals surface area (Å²) >= 11 is 0. The maximum Gasteiger partial charge on any atom is 0.251 e. The lowest BCUT2D eigenvalue weighted by Crippen LogP contribution is -2.26. The molecule has 0 bridgehead atoms. The largest absolute Gasteiger partial charge is 0.384 e. The molecule has 1 amide bonds. The highest BCUT2D eigenvalue weighted by Crippen LogP contribution is 2.23. The van der Waals surface area contributed by atoms with Crippen LogP contribution < -0.4 is 10.6 Å². The molecular weight excluding hydrogens is 240 g/mol. The molecule has 2 aliphatic rings. The number of carbonyl (C=O) groups is 1. The van der Waals surface area contributed by atoms with Crippen LogP contribution in [0.2, 0.25) is 0 Å². The first-order valence-corrected chi connectivity index (χ1v) is 7.05. The van der Waals surface area contributed by atoms with Crippen LogP contribution in [-0.2, 0) is 11.2 Å². The molecule has 1 atom stereocenters. The van der Waals surface area contributed by atoms with Gasteiger partial charge in [-0.15, -0.1) is 0 Å². The molecule has 0 saturated carbocycles. The van der Waals surface area contributed by atoms with Crippen molar-refractivity contribution in [3.05, 3.63) is 29.3 Å². The molecule has 0 radical (unpaired) electrons. The van der Waals surface area contributed by atoms with Gasteiger partial charge in [0.2, 0.25) is 0 Å². The van der Waals surface area contributed by atoms with E-state index >= 15 is 0 Å². The van der Waals surface area contributed by atoms with Gasteiger partial charge in [-0.3, -0.25) is 4.79 Å². The van der Waals surface area contributed by atoms with Crippen molar-refractivity contribution in [3.63, 3.8) is 0 Å². The summed E-state index contributed by atoms with van der Waals surface area (Å²) in [4.78, 5) is 12.0. The van der Waals surface area contributed by atoms with Gasteiger partial charge >= 0.3 is 0 Å². The third-order valence-electron chi connectivity index (χ3n) is 3.94. The zero-order chi connectivity index (χ0) is 13.1. The van der Waals surface area contributed by atoms with E-state index in [2.05, 4.69) is 16.7 Å². The second-order valence-electron chi connectivity index (χ2n) is 5.32. The minimum absolute atomic E-state index is 0.0235. The van der Waals surface area contributed by atoms with Gasteiger partial charge in [0, 0.05) is 37.6 Å². The molecule has 1 saturated heterocycles. The highest BCUT2D eigenvalue weighted by Gasteiger charge is 2.16. The number of hydrogen-bond donors (Lipinski definition) is 2. The number of hydrogen-bond acceptors (Lipinski definition) is 3. The predicted molar refractivity (Wildman–Crippen MR) is 74.5 cm³/mol. The van der Waals surface area contributed by atoms with Gasteiger partial charge in [-0.25, -0.2) is 0 Å². The molecule has 1 unspecified atom stereocenters. The van der Waals surface area contributed by atoms with E-state index in [0.29, 0.717) is 5.92 Å². The lowest BCUT2D eigenvalue weighted by Gasteiger charge is -2.09. The fourth-order valence-electron chi connectivity index (χ4n) is 2.73. The van der Waals surface area contributed by atoms with Gasteiger partial charge < -0.3 is 15.4 Å². The molecule has 4 heteroatoms. The molecular formula is C15H20N2O2. The van der Waals surface area contributed by atoms with Gasteiger partial charge in [-0.2, -0.15) is 0 Å². The van der Waals surface area contributed by atoms with Crippen molar-refractivity contribution in [2.75, 3.05) is 31.6 Å². The van der Waals surface area contributed by atoms with Crippen LogP contribution in [-0.4, -0.2) is 32.2 Å². The fourth-order valence-corrected chi connectivity index (χ4v) is 2.73. The van der Waals surface area contributed by atoms with E-state index in [0.717, 1.165) is 56.8 Å². The molecule has 1 aromatic rings. The summed E-state index contributed by atoms with van der Waals surface area (Å²) in [5.41, 5.74) is 3.16. The van der Waals surface area contributed by atoms with Crippen LogP contribution in [0.5, 0.6) is 0 Å². The Bertz CT molecular complexity index is 467. The van der Waals surface area contributed by atoms with Crippen molar-refractivity contribution in [2.45, 2.75) is 19.3 Å². The standard InChI is InChI=1S/C15H20N2O2/c18-15(17-6-3-11-5-8-19-10-11)13-2-1-12-4-7-16-14(12)9-13/h1-2,9,11,16H,3-8,10H2,(H,17,18). The number of nitrogens with one attached hydrogen (secondary N) is 2. The molecule has 0 aliphatic carbocycles. The van der Waals surface area contributed by atoms with Crippen molar-refractivity contribution < 1.29 is 9.53 Å². The highest BCUT2D eigenvalue weighted by molar-refractivity contribution is 5.95. The monoisotopic (exact) mass is 260 g/mol. The van der Waals surface area contributed by atoms with Crippen LogP contribution in [0, 0.1) is 5.92 Å². The van der Waals surface area contributed by atoms with Crippen molar-refractivity contribution in [2.24, 2.45) is 5.92 Å². The van der Waals surface area contributed by atoms with Crippen molar-refractivity contribution >= 4 is 11.6 Å². The van der Waals surface area contributed by atoms with Gasteiger partial charge in [-0.1, -0.05) is 6.07 Å². The number of ether oxygens (including phenoxy) is 1. The SMILES string of the molecule is O=C(NCCC1CCOC1)c1ccc2c(c1)NCC2. The molecule has 102 valence electrons. The van der Waals surface area contributed by atoms with Crippen LogP contribution in [0.1, 0.15) is 28.8 Å². The molecule has 0 aromatic heterocycles. The number of rotatable bonds is 4. The van der Waals surface area contributed by atoms with E-state index in [4.69, 9.17) is 4.74 Å². The zero-order valence-electron chi connectivity index (χ0n) is 11.1. The third-order valence-corrected chi connectivity index (χ3v) is 3.94. The average molecular weight is 260 g/mol. The average Bonchev–Trinajstić information content (AvgIpc) is 3.08. The number of amides is 1. The lowest BCUT2D eigenvalue weighted by atomic mass is 10.1. The molecule has 2 N–H and O–H groups in total. The Labute approximate surface area is 113 Å². The number of anilines is 1. The van der Waals surface area contributed by atoms with Crippen LogP contribution in [0.3, 0.4) is 0 Å². The molecule has 2 heterocycles. The van der Waals surface area contributed by atoms with Gasteiger partial charge in [0.1, 0.15) is 0 Å². The lowest BCUT2D eigenvalue weighted by molar-refractivity contribution is 0.0950. The van der Waals surface area contributed by atoms with E-state index in [1.807, 2.05) is 12.1 Å². The predicted octanol–water partition coefficient (Wildman–Crippen LogP) is 1.81. The van der Waals surface area contributed by atoms with Crippen molar-refractivity contribution in [3.8, 4) is 0 Å². The summed E-state index contributed by atoms with van der Waals surface area (Å²) in [6.07, 6.45) is 3.19. The maximum atomic E-state index is 12.0.